The van der Waals surface area contributed by atoms with E-state index in [0.29, 0.717) is 35.4 Å². The summed E-state index contributed by atoms with van der Waals surface area (Å²) < 4.78 is 22.7. The molecule has 162 valence electrons. The van der Waals surface area contributed by atoms with Gasteiger partial charge in [-0.1, -0.05) is 18.9 Å². The lowest BCUT2D eigenvalue weighted by atomic mass is 9.97. The molecule has 1 aliphatic carbocycles. The predicted octanol–water partition coefficient (Wildman–Crippen LogP) is 4.88. The molecule has 2 aromatic carbocycles. The van der Waals surface area contributed by atoms with Crippen molar-refractivity contribution in [2.45, 2.75) is 45.2 Å². The highest BCUT2D eigenvalue weighted by Crippen LogP contribution is 2.38. The van der Waals surface area contributed by atoms with Gasteiger partial charge in [0.1, 0.15) is 18.1 Å². The summed E-state index contributed by atoms with van der Waals surface area (Å²) in [5.41, 5.74) is 3.41. The molecule has 1 saturated carbocycles. The molecule has 2 aliphatic rings. The van der Waals surface area contributed by atoms with Crippen LogP contribution in [0.25, 0.3) is 22.1 Å². The molecule has 31 heavy (non-hydrogen) atoms. The Morgan fingerprint density at radius 3 is 2.55 bits per heavy atom. The third kappa shape index (κ3) is 3.35. The van der Waals surface area contributed by atoms with Gasteiger partial charge in [-0.05, 0) is 55.2 Å². The highest BCUT2D eigenvalue weighted by molar-refractivity contribution is 5.90. The Balaban J connectivity index is 1.62. The molecule has 5 rings (SSSR count). The molecule has 1 aliphatic heterocycles. The lowest BCUT2D eigenvalue weighted by molar-refractivity contribution is 0.0581. The summed E-state index contributed by atoms with van der Waals surface area (Å²) in [6, 6.07) is 10.00. The Kier molecular flexibility index (Phi) is 5.10. The van der Waals surface area contributed by atoms with Crippen LogP contribution in [0.2, 0.25) is 0 Å². The molecule has 0 radical (unpaired) electrons. The molecule has 6 nitrogen and oxygen atoms in total. The minimum atomic E-state index is -0.358. The zero-order chi connectivity index (χ0) is 21.5. The van der Waals surface area contributed by atoms with Gasteiger partial charge in [-0.25, -0.2) is 4.79 Å². The number of nitrogens with zero attached hydrogens (tertiary/aromatic N) is 1. The molecule has 0 atom stereocenters. The first kappa shape index (κ1) is 19.9. The monoisotopic (exact) mass is 421 g/mol. The minimum absolute atomic E-state index is 0.358. The van der Waals surface area contributed by atoms with Crippen LogP contribution in [0.15, 0.2) is 39.5 Å². The molecule has 2 heterocycles. The van der Waals surface area contributed by atoms with Crippen molar-refractivity contribution < 1.29 is 18.6 Å². The van der Waals surface area contributed by atoms with Crippen LogP contribution in [0.3, 0.4) is 0 Å². The van der Waals surface area contributed by atoms with Crippen LogP contribution in [-0.2, 0) is 6.54 Å². The maximum absolute atomic E-state index is 13.1. The number of benzene rings is 2. The number of hydrogen-bond donors (Lipinski definition) is 0. The van der Waals surface area contributed by atoms with Crippen molar-refractivity contribution in [3.8, 4) is 28.4 Å². The van der Waals surface area contributed by atoms with Crippen LogP contribution in [0.1, 0.15) is 36.8 Å². The fourth-order valence-corrected chi connectivity index (χ4v) is 4.97. The fourth-order valence-electron chi connectivity index (χ4n) is 4.97. The topological polar surface area (TPSA) is 61.1 Å². The van der Waals surface area contributed by atoms with Gasteiger partial charge in [0.25, 0.3) is 0 Å². The molecular formula is C25H27NO5. The third-order valence-electron chi connectivity index (χ3n) is 6.66. The van der Waals surface area contributed by atoms with Crippen molar-refractivity contribution in [3.63, 3.8) is 0 Å². The first-order valence-electron chi connectivity index (χ1n) is 10.8. The van der Waals surface area contributed by atoms with Crippen molar-refractivity contribution in [1.82, 2.24) is 4.90 Å². The number of ether oxygens (including phenoxy) is 3. The summed E-state index contributed by atoms with van der Waals surface area (Å²) in [7, 11) is 3.17. The summed E-state index contributed by atoms with van der Waals surface area (Å²) in [6.07, 6.45) is 4.95. The second-order valence-corrected chi connectivity index (χ2v) is 8.34. The predicted molar refractivity (Wildman–Crippen MR) is 119 cm³/mol. The number of fused-ring (bicyclic) bond motifs is 3. The quantitative estimate of drug-likeness (QED) is 0.560. The van der Waals surface area contributed by atoms with E-state index < -0.39 is 0 Å². The number of aryl methyl sites for hydroxylation is 1. The summed E-state index contributed by atoms with van der Waals surface area (Å²) in [5.74, 6) is 2.00. The highest BCUT2D eigenvalue weighted by atomic mass is 16.5. The molecule has 0 bridgehead atoms. The van der Waals surface area contributed by atoms with Crippen LogP contribution in [0.4, 0.5) is 0 Å². The SMILES string of the molecule is COc1ccc(-c2c(C)c3ccc4c(c3oc2=O)CN(C2CCCC2)CO4)cc1OC. The molecular weight excluding hydrogens is 394 g/mol. The Bertz CT molecular complexity index is 1190. The Morgan fingerprint density at radius 1 is 1.03 bits per heavy atom. The average Bonchev–Trinajstić information content (AvgIpc) is 3.33. The van der Waals surface area contributed by atoms with E-state index in [1.807, 2.05) is 31.2 Å². The molecule has 1 aromatic heterocycles. The summed E-state index contributed by atoms with van der Waals surface area (Å²) in [6.45, 7) is 3.31. The summed E-state index contributed by atoms with van der Waals surface area (Å²) in [5, 5.41) is 0.931. The maximum atomic E-state index is 13.1. The maximum Gasteiger partial charge on any atom is 0.344 e. The van der Waals surface area contributed by atoms with Crippen molar-refractivity contribution >= 4 is 11.0 Å². The van der Waals surface area contributed by atoms with Crippen LogP contribution in [-0.4, -0.2) is 31.9 Å². The molecule has 3 aromatic rings. The van der Waals surface area contributed by atoms with Gasteiger partial charge in [-0.15, -0.1) is 0 Å². The molecule has 0 unspecified atom stereocenters. The highest BCUT2D eigenvalue weighted by Gasteiger charge is 2.29. The van der Waals surface area contributed by atoms with E-state index in [0.717, 1.165) is 34.4 Å². The first-order valence-corrected chi connectivity index (χ1v) is 10.8. The Hall–Kier alpha value is -2.99. The van der Waals surface area contributed by atoms with E-state index in [1.165, 1.54) is 25.7 Å². The second-order valence-electron chi connectivity index (χ2n) is 8.34. The van der Waals surface area contributed by atoms with E-state index in [1.54, 1.807) is 20.3 Å². The standard InChI is InChI=1S/C25H27NO5/c1-15-18-9-11-20-19(13-26(14-30-20)17-6-4-5-7-17)24(18)31-25(27)23(15)16-8-10-21(28-2)22(12-16)29-3/h8-12,17H,4-7,13-14H2,1-3H3. The lowest BCUT2D eigenvalue weighted by Gasteiger charge is -2.33. The van der Waals surface area contributed by atoms with Crippen LogP contribution < -0.4 is 19.8 Å². The van der Waals surface area contributed by atoms with E-state index in [4.69, 9.17) is 18.6 Å². The second kappa shape index (κ2) is 7.93. The van der Waals surface area contributed by atoms with Gasteiger partial charge < -0.3 is 18.6 Å². The first-order chi connectivity index (χ1) is 15.1. The van der Waals surface area contributed by atoms with Gasteiger partial charge in [0.2, 0.25) is 0 Å². The van der Waals surface area contributed by atoms with Crippen LogP contribution >= 0.6 is 0 Å². The third-order valence-corrected chi connectivity index (χ3v) is 6.66. The lowest BCUT2D eigenvalue weighted by Crippen LogP contribution is -2.39. The number of methoxy groups -OCH3 is 2. The average molecular weight is 421 g/mol. The van der Waals surface area contributed by atoms with Crippen LogP contribution in [0.5, 0.6) is 17.2 Å². The molecule has 0 amide bonds. The minimum Gasteiger partial charge on any atom is -0.493 e. The molecule has 1 fully saturated rings. The van der Waals surface area contributed by atoms with E-state index in [2.05, 4.69) is 4.90 Å². The van der Waals surface area contributed by atoms with Gasteiger partial charge in [-0.3, -0.25) is 4.90 Å². The Morgan fingerprint density at radius 2 is 1.81 bits per heavy atom. The fraction of sp³-hybridized carbons (Fsp3) is 0.400. The number of rotatable bonds is 4. The van der Waals surface area contributed by atoms with Crippen molar-refractivity contribution in [3.05, 3.63) is 51.9 Å². The van der Waals surface area contributed by atoms with Gasteiger partial charge in [-0.2, -0.15) is 0 Å². The zero-order valence-corrected chi connectivity index (χ0v) is 18.2. The Labute approximate surface area is 181 Å². The summed E-state index contributed by atoms with van der Waals surface area (Å²) >= 11 is 0. The normalized spacial score (nSPS) is 16.9. The number of hydrogen-bond acceptors (Lipinski definition) is 6. The van der Waals surface area contributed by atoms with E-state index >= 15 is 0 Å². The molecule has 0 N–H and O–H groups in total. The van der Waals surface area contributed by atoms with Crippen molar-refractivity contribution in [2.75, 3.05) is 21.0 Å². The zero-order valence-electron chi connectivity index (χ0n) is 18.2. The summed E-state index contributed by atoms with van der Waals surface area (Å²) in [4.78, 5) is 15.5. The van der Waals surface area contributed by atoms with Gasteiger partial charge in [0.05, 0.1) is 25.3 Å². The smallest absolute Gasteiger partial charge is 0.344 e. The largest absolute Gasteiger partial charge is 0.493 e. The van der Waals surface area contributed by atoms with E-state index in [9.17, 15) is 4.79 Å². The molecule has 0 saturated heterocycles. The molecule has 6 heteroatoms. The van der Waals surface area contributed by atoms with Crippen LogP contribution in [0, 0.1) is 6.92 Å². The van der Waals surface area contributed by atoms with Gasteiger partial charge in [0.15, 0.2) is 11.5 Å². The molecule has 0 spiro atoms. The van der Waals surface area contributed by atoms with Gasteiger partial charge in [0, 0.05) is 18.0 Å². The van der Waals surface area contributed by atoms with Gasteiger partial charge >= 0.3 is 5.63 Å². The van der Waals surface area contributed by atoms with Crippen molar-refractivity contribution in [1.29, 1.82) is 0 Å². The van der Waals surface area contributed by atoms with E-state index in [-0.39, 0.29) is 5.63 Å². The van der Waals surface area contributed by atoms with Crippen molar-refractivity contribution in [2.24, 2.45) is 0 Å².